The van der Waals surface area contributed by atoms with Crippen molar-refractivity contribution < 1.29 is 36.8 Å². The number of carbonyl (C=O) groups is 1. The molecular weight excluding hydrogens is 766 g/mol. The fraction of sp³-hybridized carbons (Fsp3) is 0.432. The Labute approximate surface area is 340 Å². The first-order valence-electron chi connectivity index (χ1n) is 19.6. The topological polar surface area (TPSA) is 97.6 Å². The summed E-state index contributed by atoms with van der Waals surface area (Å²) in [6.45, 7) is 13.4. The average molecular weight is 818 g/mol. The number of nitro benzene ring substituents is 1. The minimum absolute atomic E-state index is 0.0367. The zero-order valence-electron chi connectivity index (χ0n) is 33.7. The highest BCUT2D eigenvalue weighted by molar-refractivity contribution is 6.80. The number of hydrogen-bond acceptors (Lipinski definition) is 8. The number of carbonyl (C=O) groups excluding carboxylic acids is 1. The lowest BCUT2D eigenvalue weighted by Crippen LogP contribution is -2.60. The largest absolute Gasteiger partial charge is 0.416 e. The van der Waals surface area contributed by atoms with Crippen LogP contribution in [0.3, 0.4) is 0 Å². The molecule has 0 saturated carbocycles. The molecule has 1 radical (unpaired) electrons. The zero-order valence-corrected chi connectivity index (χ0v) is 34.7. The first-order chi connectivity index (χ1) is 27.6. The molecule has 10 nitrogen and oxygen atoms in total. The van der Waals surface area contributed by atoms with Crippen molar-refractivity contribution in [3.8, 4) is 0 Å². The van der Waals surface area contributed by atoms with Gasteiger partial charge in [0, 0.05) is 70.6 Å². The average Bonchev–Trinajstić information content (AvgIpc) is 3.20. The zero-order chi connectivity index (χ0) is 41.6. The van der Waals surface area contributed by atoms with Crippen LogP contribution in [-0.4, -0.2) is 113 Å². The number of morpholine rings is 1. The molecule has 6 rings (SSSR count). The molecule has 2 heterocycles. The maximum absolute atomic E-state index is 14.8. The Kier molecular flexibility index (Phi) is 13.9. The molecule has 3 atom stereocenters. The van der Waals surface area contributed by atoms with Gasteiger partial charge < -0.3 is 18.8 Å². The Morgan fingerprint density at radius 2 is 1.53 bits per heavy atom. The van der Waals surface area contributed by atoms with Gasteiger partial charge in [0.2, 0.25) is 0 Å². The van der Waals surface area contributed by atoms with Crippen LogP contribution >= 0.6 is 0 Å². The molecule has 0 aromatic heterocycles. The monoisotopic (exact) mass is 817 g/mol. The maximum atomic E-state index is 14.8. The number of ether oxygens (including phenoxy) is 2. The van der Waals surface area contributed by atoms with Crippen molar-refractivity contribution in [3.05, 3.63) is 135 Å². The van der Waals surface area contributed by atoms with E-state index in [0.29, 0.717) is 45.5 Å². The van der Waals surface area contributed by atoms with Gasteiger partial charge in [0.15, 0.2) is 0 Å². The normalized spacial score (nSPS) is 19.0. The lowest BCUT2D eigenvalue weighted by molar-refractivity contribution is -0.385. The van der Waals surface area contributed by atoms with Gasteiger partial charge in [0.1, 0.15) is 0 Å². The fourth-order valence-electron chi connectivity index (χ4n) is 7.91. The molecule has 1 unspecified atom stereocenters. The van der Waals surface area contributed by atoms with E-state index in [-0.39, 0.29) is 18.1 Å². The molecule has 14 heteroatoms. The summed E-state index contributed by atoms with van der Waals surface area (Å²) in [5, 5.41) is 13.9. The Bertz CT molecular complexity index is 1970. The molecule has 2 aliphatic rings. The number of piperazine rings is 1. The van der Waals surface area contributed by atoms with Crippen LogP contribution in [-0.2, 0) is 25.5 Å². The van der Waals surface area contributed by atoms with Gasteiger partial charge in [-0.2, -0.15) is 13.2 Å². The lowest BCUT2D eigenvalue weighted by Gasteiger charge is -2.46. The van der Waals surface area contributed by atoms with Crippen LogP contribution in [0, 0.1) is 17.0 Å². The Balaban J connectivity index is 1.46. The molecule has 309 valence electrons. The quantitative estimate of drug-likeness (QED) is 0.0888. The predicted octanol–water partition coefficient (Wildman–Crippen LogP) is 6.26. The van der Waals surface area contributed by atoms with Crippen molar-refractivity contribution in [1.82, 2.24) is 14.7 Å². The third kappa shape index (κ3) is 10.6. The van der Waals surface area contributed by atoms with Crippen LogP contribution in [0.2, 0.25) is 0 Å². The number of nitrogens with zero attached hydrogens (tertiary/aromatic N) is 4. The van der Waals surface area contributed by atoms with E-state index >= 15 is 0 Å². The number of methoxy groups -OCH3 is 1. The maximum Gasteiger partial charge on any atom is 0.416 e. The van der Waals surface area contributed by atoms with Crippen LogP contribution in [0.4, 0.5) is 18.9 Å². The third-order valence-corrected chi connectivity index (χ3v) is 13.0. The van der Waals surface area contributed by atoms with Gasteiger partial charge in [-0.3, -0.25) is 24.7 Å². The molecule has 4 aromatic rings. The molecule has 0 N–H and O–H groups in total. The van der Waals surface area contributed by atoms with Gasteiger partial charge in [0.05, 0.1) is 42.0 Å². The van der Waals surface area contributed by atoms with Gasteiger partial charge in [-0.15, -0.1) is 0 Å². The molecule has 1 amide bonds. The van der Waals surface area contributed by atoms with Crippen LogP contribution in [0.1, 0.15) is 59.5 Å². The summed E-state index contributed by atoms with van der Waals surface area (Å²) >= 11 is 0. The Morgan fingerprint density at radius 3 is 2.12 bits per heavy atom. The highest BCUT2D eigenvalue weighted by Crippen LogP contribution is 2.36. The first-order valence-corrected chi connectivity index (χ1v) is 21.0. The van der Waals surface area contributed by atoms with Crippen molar-refractivity contribution in [2.45, 2.75) is 57.5 Å². The number of alkyl halides is 3. The van der Waals surface area contributed by atoms with Gasteiger partial charge in [-0.25, -0.2) is 0 Å². The van der Waals surface area contributed by atoms with Crippen molar-refractivity contribution >= 4 is 31.0 Å². The van der Waals surface area contributed by atoms with Crippen molar-refractivity contribution in [2.75, 3.05) is 66.1 Å². The SMILES string of the molecule is COC[C@@H]1CN(CCN2CCN(C(=O)c3cc([N+](=O)[O-])cc(C(F)(F)F)c3)[C@@H](C(O[Si](c3ccccc3)c3ccccc3)c3ccc(C)c(C(C)(C)C)c3)C2)CCO1. The molecule has 58 heavy (non-hydrogen) atoms. The predicted molar refractivity (Wildman–Crippen MR) is 219 cm³/mol. The summed E-state index contributed by atoms with van der Waals surface area (Å²) < 4.78 is 61.1. The van der Waals surface area contributed by atoms with Crippen LogP contribution in [0.15, 0.2) is 97.1 Å². The molecule has 2 aliphatic heterocycles. The number of hydrogen-bond donors (Lipinski definition) is 0. The number of halogens is 3. The van der Waals surface area contributed by atoms with Crippen LogP contribution in [0.5, 0.6) is 0 Å². The highest BCUT2D eigenvalue weighted by atomic mass is 28.3. The second-order valence-corrected chi connectivity index (χ2v) is 18.1. The van der Waals surface area contributed by atoms with Gasteiger partial charge in [-0.1, -0.05) is 99.6 Å². The number of rotatable bonds is 13. The van der Waals surface area contributed by atoms with E-state index in [1.54, 1.807) is 12.0 Å². The van der Waals surface area contributed by atoms with E-state index in [1.165, 1.54) is 0 Å². The van der Waals surface area contributed by atoms with Crippen molar-refractivity contribution in [1.29, 1.82) is 0 Å². The molecule has 4 aromatic carbocycles. The summed E-state index contributed by atoms with van der Waals surface area (Å²) in [5.41, 5.74) is 0.346. The number of aryl methyl sites for hydroxylation is 1. The first kappa shape index (κ1) is 43.1. The Morgan fingerprint density at radius 1 is 0.897 bits per heavy atom. The van der Waals surface area contributed by atoms with Gasteiger partial charge >= 0.3 is 6.18 Å². The number of benzene rings is 4. The van der Waals surface area contributed by atoms with E-state index in [2.05, 4.69) is 49.6 Å². The minimum Gasteiger partial charge on any atom is -0.398 e. The van der Waals surface area contributed by atoms with E-state index in [4.69, 9.17) is 13.9 Å². The second kappa shape index (κ2) is 18.6. The fourth-order valence-corrected chi connectivity index (χ4v) is 10.1. The molecule has 2 fully saturated rings. The van der Waals surface area contributed by atoms with Crippen LogP contribution < -0.4 is 10.4 Å². The van der Waals surface area contributed by atoms with Gasteiger partial charge in [-0.05, 0) is 45.5 Å². The van der Waals surface area contributed by atoms with E-state index in [1.807, 2.05) is 66.7 Å². The number of non-ortho nitro benzene ring substituents is 1. The smallest absolute Gasteiger partial charge is 0.398 e. The summed E-state index contributed by atoms with van der Waals surface area (Å²) in [6, 6.07) is 27.5. The number of nitro groups is 1. The molecule has 0 aliphatic carbocycles. The summed E-state index contributed by atoms with van der Waals surface area (Å²) in [7, 11) is -0.341. The lowest BCUT2D eigenvalue weighted by atomic mass is 9.82. The van der Waals surface area contributed by atoms with Crippen LogP contribution in [0.25, 0.3) is 0 Å². The Hall–Kier alpha value is -4.44. The highest BCUT2D eigenvalue weighted by Gasteiger charge is 2.42. The molecule has 0 bridgehead atoms. The van der Waals surface area contributed by atoms with E-state index in [0.717, 1.165) is 52.3 Å². The summed E-state index contributed by atoms with van der Waals surface area (Å²) in [4.78, 5) is 31.9. The molecule has 2 saturated heterocycles. The standard InChI is InChI=1S/C44H52F3N4O6Si/c1-31-16-17-32(26-39(31)43(2,3)4)41(57-58(37-12-8-6-9-13-37)38-14-10-7-11-15-38)40-29-48(18-19-49-22-23-56-36(28-49)30-55-5)20-21-50(40)42(52)33-24-34(44(45,46)47)27-35(25-33)51(53)54/h6-17,24-27,36,40-41H,18-23,28-30H2,1-5H3/t36-,40+,41?/m0/s1. The number of amides is 1. The minimum atomic E-state index is -4.90. The van der Waals surface area contributed by atoms with E-state index in [9.17, 15) is 28.1 Å². The molecule has 0 spiro atoms. The third-order valence-electron chi connectivity index (χ3n) is 10.8. The van der Waals surface area contributed by atoms with E-state index < -0.39 is 55.0 Å². The summed E-state index contributed by atoms with van der Waals surface area (Å²) in [6.07, 6.45) is -5.68. The second-order valence-electron chi connectivity index (χ2n) is 16.1. The van der Waals surface area contributed by atoms with Crippen molar-refractivity contribution in [2.24, 2.45) is 0 Å². The summed E-state index contributed by atoms with van der Waals surface area (Å²) in [5.74, 6) is -0.723. The van der Waals surface area contributed by atoms with Gasteiger partial charge in [0.25, 0.3) is 20.6 Å². The molecular formula is C44H52F3N4O6Si. The van der Waals surface area contributed by atoms with Crippen molar-refractivity contribution in [3.63, 3.8) is 0 Å².